The largest absolute Gasteiger partial charge is 0.491 e. The number of fused-ring (bicyclic) bond motifs is 1. The fraction of sp³-hybridized carbons (Fsp3) is 0.364. The van der Waals surface area contributed by atoms with Gasteiger partial charge >= 0.3 is 0 Å². The van der Waals surface area contributed by atoms with Crippen LogP contribution in [-0.2, 0) is 14.3 Å². The molecule has 1 atom stereocenters. The number of ketones is 1. The van der Waals surface area contributed by atoms with Crippen LogP contribution in [0.3, 0.4) is 0 Å². The predicted octanol–water partition coefficient (Wildman–Crippen LogP) is 3.54. The maximum absolute atomic E-state index is 13.2. The third-order valence-corrected chi connectivity index (χ3v) is 5.30. The second-order valence-corrected chi connectivity index (χ2v) is 7.06. The van der Waals surface area contributed by atoms with Gasteiger partial charge in [0.25, 0.3) is 5.91 Å². The molecule has 2 aromatic carbocycles. The molecular formula is C22H23NO4. The van der Waals surface area contributed by atoms with Gasteiger partial charge in [0.1, 0.15) is 19.0 Å². The predicted molar refractivity (Wildman–Crippen MR) is 102 cm³/mol. The Morgan fingerprint density at radius 3 is 2.67 bits per heavy atom. The number of carbonyl (C=O) groups excluding carboxylic acids is 2. The van der Waals surface area contributed by atoms with Crippen LogP contribution in [0.2, 0.25) is 0 Å². The van der Waals surface area contributed by atoms with Gasteiger partial charge in [-0.3, -0.25) is 9.59 Å². The molecule has 0 unspecified atom stereocenters. The number of ether oxygens (including phenoxy) is 2. The smallest absolute Gasteiger partial charge is 0.292 e. The van der Waals surface area contributed by atoms with Gasteiger partial charge in [-0.05, 0) is 30.5 Å². The average Bonchev–Trinajstić information content (AvgIpc) is 2.73. The monoisotopic (exact) mass is 365 g/mol. The molecule has 0 aliphatic carbocycles. The van der Waals surface area contributed by atoms with E-state index in [0.717, 1.165) is 29.2 Å². The van der Waals surface area contributed by atoms with Crippen molar-refractivity contribution in [3.8, 4) is 0 Å². The first-order valence-electron chi connectivity index (χ1n) is 9.43. The third-order valence-electron chi connectivity index (χ3n) is 5.30. The van der Waals surface area contributed by atoms with Crippen molar-refractivity contribution in [2.24, 2.45) is 5.92 Å². The number of hydrogen-bond acceptors (Lipinski definition) is 4. The van der Waals surface area contributed by atoms with Crippen molar-refractivity contribution in [3.05, 3.63) is 59.5 Å². The van der Waals surface area contributed by atoms with Crippen LogP contribution in [0.25, 0.3) is 10.8 Å². The SMILES string of the molecule is CC1=C(C(=O)N2CCC[C@@H](C(=O)c3cccc4ccccc34)C2)OCCO1. The summed E-state index contributed by atoms with van der Waals surface area (Å²) in [5.74, 6) is 0.533. The van der Waals surface area contributed by atoms with Crippen LogP contribution < -0.4 is 0 Å². The second-order valence-electron chi connectivity index (χ2n) is 7.06. The quantitative estimate of drug-likeness (QED) is 0.781. The van der Waals surface area contributed by atoms with Gasteiger partial charge in [-0.15, -0.1) is 0 Å². The van der Waals surface area contributed by atoms with Gasteiger partial charge in [0.15, 0.2) is 5.78 Å². The van der Waals surface area contributed by atoms with Gasteiger partial charge in [0.2, 0.25) is 5.76 Å². The van der Waals surface area contributed by atoms with E-state index in [9.17, 15) is 9.59 Å². The molecule has 0 aromatic heterocycles. The number of Topliss-reactive ketones (excluding diaryl/α,β-unsaturated/α-hetero) is 1. The molecule has 5 nitrogen and oxygen atoms in total. The molecule has 140 valence electrons. The molecule has 2 aromatic rings. The Labute approximate surface area is 158 Å². The first-order valence-corrected chi connectivity index (χ1v) is 9.43. The van der Waals surface area contributed by atoms with Crippen molar-refractivity contribution in [2.45, 2.75) is 19.8 Å². The molecule has 0 bridgehead atoms. The number of amides is 1. The highest BCUT2D eigenvalue weighted by Gasteiger charge is 2.33. The van der Waals surface area contributed by atoms with E-state index in [0.29, 0.717) is 32.1 Å². The number of likely N-dealkylation sites (tertiary alicyclic amines) is 1. The molecule has 1 saturated heterocycles. The lowest BCUT2D eigenvalue weighted by atomic mass is 9.88. The van der Waals surface area contributed by atoms with Gasteiger partial charge in [0, 0.05) is 24.6 Å². The molecule has 0 saturated carbocycles. The zero-order chi connectivity index (χ0) is 18.8. The first kappa shape index (κ1) is 17.6. The zero-order valence-corrected chi connectivity index (χ0v) is 15.4. The van der Waals surface area contributed by atoms with Crippen LogP contribution in [0, 0.1) is 5.92 Å². The maximum Gasteiger partial charge on any atom is 0.292 e. The number of benzene rings is 2. The maximum atomic E-state index is 13.2. The fourth-order valence-electron chi connectivity index (χ4n) is 3.90. The van der Waals surface area contributed by atoms with E-state index in [2.05, 4.69) is 0 Å². The van der Waals surface area contributed by atoms with Crippen molar-refractivity contribution in [2.75, 3.05) is 26.3 Å². The van der Waals surface area contributed by atoms with E-state index in [1.807, 2.05) is 42.5 Å². The number of nitrogens with zero attached hydrogens (tertiary/aromatic N) is 1. The number of hydrogen-bond donors (Lipinski definition) is 0. The van der Waals surface area contributed by atoms with E-state index in [4.69, 9.17) is 9.47 Å². The van der Waals surface area contributed by atoms with E-state index >= 15 is 0 Å². The van der Waals surface area contributed by atoms with Crippen LogP contribution in [0.4, 0.5) is 0 Å². The Kier molecular flexibility index (Phi) is 4.84. The number of allylic oxidation sites excluding steroid dienone is 1. The fourth-order valence-corrected chi connectivity index (χ4v) is 3.90. The summed E-state index contributed by atoms with van der Waals surface area (Å²) >= 11 is 0. The summed E-state index contributed by atoms with van der Waals surface area (Å²) < 4.78 is 11.0. The van der Waals surface area contributed by atoms with Gasteiger partial charge in [-0.1, -0.05) is 42.5 Å². The summed E-state index contributed by atoms with van der Waals surface area (Å²) in [6.07, 6.45) is 1.60. The highest BCUT2D eigenvalue weighted by molar-refractivity contribution is 6.09. The molecule has 1 amide bonds. The van der Waals surface area contributed by atoms with Crippen molar-refractivity contribution in [3.63, 3.8) is 0 Å². The first-order chi connectivity index (χ1) is 13.1. The number of rotatable bonds is 3. The minimum atomic E-state index is -0.195. The van der Waals surface area contributed by atoms with Crippen molar-refractivity contribution >= 4 is 22.5 Å². The Balaban J connectivity index is 1.56. The summed E-state index contributed by atoms with van der Waals surface area (Å²) in [4.78, 5) is 27.8. The van der Waals surface area contributed by atoms with Crippen molar-refractivity contribution in [1.29, 1.82) is 0 Å². The Bertz CT molecular complexity index is 912. The highest BCUT2D eigenvalue weighted by Crippen LogP contribution is 2.27. The van der Waals surface area contributed by atoms with Crippen molar-refractivity contribution < 1.29 is 19.1 Å². The molecule has 0 spiro atoms. The molecular weight excluding hydrogens is 342 g/mol. The highest BCUT2D eigenvalue weighted by atomic mass is 16.6. The zero-order valence-electron chi connectivity index (χ0n) is 15.4. The standard InChI is InChI=1S/C22H23NO4/c1-15-21(27-13-12-26-15)22(25)23-11-5-8-17(14-23)20(24)19-10-4-7-16-6-2-3-9-18(16)19/h2-4,6-7,9-10,17H,5,8,11-14H2,1H3/t17-/m1/s1. The molecule has 1 fully saturated rings. The third kappa shape index (κ3) is 3.42. The Morgan fingerprint density at radius 1 is 1.04 bits per heavy atom. The van der Waals surface area contributed by atoms with Crippen molar-refractivity contribution in [1.82, 2.24) is 4.90 Å². The van der Waals surface area contributed by atoms with Gasteiger partial charge in [0.05, 0.1) is 0 Å². The topological polar surface area (TPSA) is 55.8 Å². The van der Waals surface area contributed by atoms with Crippen LogP contribution >= 0.6 is 0 Å². The molecule has 27 heavy (non-hydrogen) atoms. The summed E-state index contributed by atoms with van der Waals surface area (Å²) in [5, 5.41) is 2.02. The van der Waals surface area contributed by atoms with Crippen LogP contribution in [-0.4, -0.2) is 42.9 Å². The van der Waals surface area contributed by atoms with E-state index in [-0.39, 0.29) is 23.4 Å². The van der Waals surface area contributed by atoms with Gasteiger partial charge in [-0.25, -0.2) is 0 Å². The van der Waals surface area contributed by atoms with Crippen LogP contribution in [0.1, 0.15) is 30.1 Å². The number of carbonyl (C=O) groups is 2. The molecule has 2 heterocycles. The van der Waals surface area contributed by atoms with Gasteiger partial charge < -0.3 is 14.4 Å². The number of piperidine rings is 1. The van der Waals surface area contributed by atoms with E-state index in [1.165, 1.54) is 0 Å². The second kappa shape index (κ2) is 7.43. The molecule has 4 rings (SSSR count). The lowest BCUT2D eigenvalue weighted by Gasteiger charge is -2.33. The average molecular weight is 365 g/mol. The van der Waals surface area contributed by atoms with Gasteiger partial charge in [-0.2, -0.15) is 0 Å². The minimum absolute atomic E-state index is 0.107. The molecule has 2 aliphatic rings. The summed E-state index contributed by atoms with van der Waals surface area (Å²) in [7, 11) is 0. The summed E-state index contributed by atoms with van der Waals surface area (Å²) in [5.41, 5.74) is 0.736. The van der Waals surface area contributed by atoms with E-state index < -0.39 is 0 Å². The Hall–Kier alpha value is -2.82. The minimum Gasteiger partial charge on any atom is -0.491 e. The molecule has 0 N–H and O–H groups in total. The Morgan fingerprint density at radius 2 is 1.81 bits per heavy atom. The van der Waals surface area contributed by atoms with E-state index in [1.54, 1.807) is 11.8 Å². The molecule has 5 heteroatoms. The normalized spacial score (nSPS) is 20.2. The summed E-state index contributed by atoms with van der Waals surface area (Å²) in [6, 6.07) is 13.7. The molecule has 0 radical (unpaired) electrons. The lowest BCUT2D eigenvalue weighted by molar-refractivity contribution is -0.134. The lowest BCUT2D eigenvalue weighted by Crippen LogP contribution is -2.44. The molecule has 2 aliphatic heterocycles. The summed E-state index contributed by atoms with van der Waals surface area (Å²) in [6.45, 7) is 3.64. The van der Waals surface area contributed by atoms with Crippen LogP contribution in [0.15, 0.2) is 54.0 Å². The van der Waals surface area contributed by atoms with Crippen LogP contribution in [0.5, 0.6) is 0 Å².